The van der Waals surface area contributed by atoms with Gasteiger partial charge in [0.1, 0.15) is 5.02 Å². The molecule has 1 rings (SSSR count). The summed E-state index contributed by atoms with van der Waals surface area (Å²) in [5, 5.41) is -0.138. The van der Waals surface area contributed by atoms with Crippen molar-refractivity contribution in [1.82, 2.24) is 4.98 Å². The molecule has 0 bridgehead atoms. The van der Waals surface area contributed by atoms with Crippen LogP contribution in [0.5, 0.6) is 5.88 Å². The Hall–Kier alpha value is -0.240. The Balaban J connectivity index is 2.96. The van der Waals surface area contributed by atoms with Gasteiger partial charge in [0.25, 0.3) is 0 Å². The van der Waals surface area contributed by atoms with Crippen LogP contribution < -0.4 is 4.74 Å². The predicted octanol–water partition coefficient (Wildman–Crippen LogP) is 3.24. The zero-order chi connectivity index (χ0) is 10.1. The van der Waals surface area contributed by atoms with Crippen molar-refractivity contribution in [2.24, 2.45) is 0 Å². The molecule has 0 spiro atoms. The first-order valence-corrected chi connectivity index (χ1v) is 4.41. The standard InChI is InChI=1S/C6H2ClF3INO/c7-4-3(11)1-2-12-5(4)13-6(8,9)10/h1-2H. The average Bonchev–Trinajstić information content (AvgIpc) is 1.96. The second-order valence-corrected chi connectivity index (χ2v) is 3.50. The maximum absolute atomic E-state index is 11.7. The Morgan fingerprint density at radius 3 is 2.62 bits per heavy atom. The van der Waals surface area contributed by atoms with Crippen molar-refractivity contribution >= 4 is 34.2 Å². The highest BCUT2D eigenvalue weighted by Gasteiger charge is 2.33. The van der Waals surface area contributed by atoms with Gasteiger partial charge < -0.3 is 4.74 Å². The largest absolute Gasteiger partial charge is 0.574 e. The number of hydrogen-bond donors (Lipinski definition) is 0. The fraction of sp³-hybridized carbons (Fsp3) is 0.167. The minimum Gasteiger partial charge on any atom is -0.386 e. The minimum absolute atomic E-state index is 0.138. The molecule has 0 atom stereocenters. The molecular weight excluding hydrogens is 321 g/mol. The molecule has 0 aromatic carbocycles. The van der Waals surface area contributed by atoms with E-state index in [0.717, 1.165) is 0 Å². The summed E-state index contributed by atoms with van der Waals surface area (Å²) in [5.74, 6) is -0.624. The number of nitrogens with zero attached hydrogens (tertiary/aromatic N) is 1. The van der Waals surface area contributed by atoms with Crippen LogP contribution in [0.1, 0.15) is 0 Å². The topological polar surface area (TPSA) is 22.1 Å². The first-order valence-electron chi connectivity index (χ1n) is 2.96. The molecule has 0 aliphatic heterocycles. The van der Waals surface area contributed by atoms with Crippen LogP contribution in [0.15, 0.2) is 12.3 Å². The number of pyridine rings is 1. The molecule has 0 unspecified atom stereocenters. The summed E-state index contributed by atoms with van der Waals surface area (Å²) < 4.78 is 39.2. The van der Waals surface area contributed by atoms with Crippen LogP contribution in [0, 0.1) is 3.57 Å². The molecule has 0 saturated carbocycles. The van der Waals surface area contributed by atoms with Crippen LogP contribution in [0.2, 0.25) is 5.02 Å². The van der Waals surface area contributed by atoms with Gasteiger partial charge in [0.15, 0.2) is 0 Å². The minimum atomic E-state index is -4.76. The highest BCUT2D eigenvalue weighted by molar-refractivity contribution is 14.1. The third-order valence-corrected chi connectivity index (χ3v) is 2.61. The fourth-order valence-corrected chi connectivity index (χ4v) is 1.13. The van der Waals surface area contributed by atoms with E-state index in [1.807, 2.05) is 0 Å². The molecule has 0 aliphatic rings. The fourth-order valence-electron chi connectivity index (χ4n) is 0.583. The van der Waals surface area contributed by atoms with Gasteiger partial charge in [-0.2, -0.15) is 0 Å². The van der Waals surface area contributed by atoms with Crippen molar-refractivity contribution in [3.8, 4) is 5.88 Å². The summed E-state index contributed by atoms with van der Waals surface area (Å²) >= 11 is 7.29. The summed E-state index contributed by atoms with van der Waals surface area (Å²) in [6.07, 6.45) is -3.57. The first kappa shape index (κ1) is 10.8. The quantitative estimate of drug-likeness (QED) is 0.740. The highest BCUT2D eigenvalue weighted by atomic mass is 127. The molecule has 2 nitrogen and oxygen atoms in total. The van der Waals surface area contributed by atoms with Gasteiger partial charge in [-0.15, -0.1) is 13.2 Å². The number of halogens is 5. The summed E-state index contributed by atoms with van der Waals surface area (Å²) in [6.45, 7) is 0. The van der Waals surface area contributed by atoms with E-state index in [2.05, 4.69) is 9.72 Å². The van der Waals surface area contributed by atoms with Gasteiger partial charge in [0.05, 0.1) is 0 Å². The SMILES string of the molecule is FC(F)(F)Oc1nccc(I)c1Cl. The average molecular weight is 323 g/mol. The zero-order valence-corrected chi connectivity index (χ0v) is 8.81. The maximum Gasteiger partial charge on any atom is 0.574 e. The molecule has 72 valence electrons. The van der Waals surface area contributed by atoms with E-state index >= 15 is 0 Å². The molecule has 0 amide bonds. The van der Waals surface area contributed by atoms with Gasteiger partial charge in [0.2, 0.25) is 5.88 Å². The van der Waals surface area contributed by atoms with Crippen molar-refractivity contribution in [1.29, 1.82) is 0 Å². The molecule has 0 N–H and O–H groups in total. The van der Waals surface area contributed by atoms with Crippen LogP contribution in [-0.4, -0.2) is 11.3 Å². The number of alkyl halides is 3. The predicted molar refractivity (Wildman–Crippen MR) is 48.6 cm³/mol. The van der Waals surface area contributed by atoms with E-state index in [4.69, 9.17) is 11.6 Å². The lowest BCUT2D eigenvalue weighted by atomic mass is 10.5. The van der Waals surface area contributed by atoms with Gasteiger partial charge in [-0.3, -0.25) is 0 Å². The van der Waals surface area contributed by atoms with Crippen LogP contribution >= 0.6 is 34.2 Å². The van der Waals surface area contributed by atoms with E-state index < -0.39 is 12.2 Å². The van der Waals surface area contributed by atoms with Crippen molar-refractivity contribution in [3.05, 3.63) is 20.9 Å². The monoisotopic (exact) mass is 323 g/mol. The molecule has 0 radical (unpaired) electrons. The summed E-state index contributed by atoms with van der Waals surface area (Å²) in [4.78, 5) is 3.35. The first-order chi connectivity index (χ1) is 5.90. The molecule has 1 aromatic heterocycles. The lowest BCUT2D eigenvalue weighted by Gasteiger charge is -2.09. The molecule has 7 heteroatoms. The smallest absolute Gasteiger partial charge is 0.386 e. The van der Waals surface area contributed by atoms with Crippen molar-refractivity contribution in [2.45, 2.75) is 6.36 Å². The third-order valence-electron chi connectivity index (χ3n) is 1.02. The van der Waals surface area contributed by atoms with Gasteiger partial charge in [-0.1, -0.05) is 11.6 Å². The Morgan fingerprint density at radius 1 is 1.46 bits per heavy atom. The van der Waals surface area contributed by atoms with E-state index in [0.29, 0.717) is 3.57 Å². The van der Waals surface area contributed by atoms with Gasteiger partial charge in [-0.05, 0) is 28.7 Å². The second kappa shape index (κ2) is 3.87. The van der Waals surface area contributed by atoms with E-state index in [9.17, 15) is 13.2 Å². The Bertz CT molecular complexity index is 317. The lowest BCUT2D eigenvalue weighted by Crippen LogP contribution is -2.18. The number of aromatic nitrogens is 1. The van der Waals surface area contributed by atoms with Crippen molar-refractivity contribution < 1.29 is 17.9 Å². The number of rotatable bonds is 1. The van der Waals surface area contributed by atoms with Gasteiger partial charge >= 0.3 is 6.36 Å². The number of ether oxygens (including phenoxy) is 1. The zero-order valence-electron chi connectivity index (χ0n) is 5.90. The summed E-state index contributed by atoms with van der Waals surface area (Å²) in [7, 11) is 0. The normalized spacial score (nSPS) is 11.5. The molecule has 1 heterocycles. The molecule has 13 heavy (non-hydrogen) atoms. The summed E-state index contributed by atoms with van der Waals surface area (Å²) in [6, 6.07) is 1.48. The Labute approximate surface area is 90.2 Å². The van der Waals surface area contributed by atoms with Crippen LogP contribution in [0.4, 0.5) is 13.2 Å². The van der Waals surface area contributed by atoms with Crippen molar-refractivity contribution in [3.63, 3.8) is 0 Å². The van der Waals surface area contributed by atoms with E-state index in [1.165, 1.54) is 12.3 Å². The lowest BCUT2D eigenvalue weighted by molar-refractivity contribution is -0.276. The van der Waals surface area contributed by atoms with Crippen molar-refractivity contribution in [2.75, 3.05) is 0 Å². The van der Waals surface area contributed by atoms with E-state index in [-0.39, 0.29) is 5.02 Å². The molecule has 1 aromatic rings. The molecule has 0 aliphatic carbocycles. The van der Waals surface area contributed by atoms with E-state index in [1.54, 1.807) is 22.6 Å². The number of hydrogen-bond acceptors (Lipinski definition) is 2. The summed E-state index contributed by atoms with van der Waals surface area (Å²) in [5.41, 5.74) is 0. The Morgan fingerprint density at radius 2 is 2.08 bits per heavy atom. The van der Waals surface area contributed by atoms with Gasteiger partial charge in [0, 0.05) is 9.77 Å². The highest BCUT2D eigenvalue weighted by Crippen LogP contribution is 2.30. The molecular formula is C6H2ClF3INO. The van der Waals surface area contributed by atoms with Crippen LogP contribution in [0.3, 0.4) is 0 Å². The maximum atomic E-state index is 11.7. The van der Waals surface area contributed by atoms with Crippen LogP contribution in [-0.2, 0) is 0 Å². The second-order valence-electron chi connectivity index (χ2n) is 1.96. The molecule has 0 saturated heterocycles. The Kier molecular flexibility index (Phi) is 3.23. The molecule has 0 fully saturated rings. The third kappa shape index (κ3) is 3.18. The van der Waals surface area contributed by atoms with Gasteiger partial charge in [-0.25, -0.2) is 4.98 Å². The van der Waals surface area contributed by atoms with Crippen LogP contribution in [0.25, 0.3) is 0 Å².